The van der Waals surface area contributed by atoms with Gasteiger partial charge in [0, 0.05) is 16.6 Å². The van der Waals surface area contributed by atoms with E-state index in [1.54, 1.807) is 0 Å². The van der Waals surface area contributed by atoms with Gasteiger partial charge in [0.05, 0.1) is 5.56 Å². The third-order valence-corrected chi connectivity index (χ3v) is 6.59. The Bertz CT molecular complexity index is 1000. The van der Waals surface area contributed by atoms with Crippen LogP contribution >= 0.6 is 15.9 Å². The minimum Gasteiger partial charge on any atom is -0.507 e. The summed E-state index contributed by atoms with van der Waals surface area (Å²) in [7, 11) is 0. The number of phenols is 2. The zero-order valence-corrected chi connectivity index (χ0v) is 22.7. The van der Waals surface area contributed by atoms with Crippen molar-refractivity contribution in [3.63, 3.8) is 0 Å². The van der Waals surface area contributed by atoms with Gasteiger partial charge in [-0.1, -0.05) is 78.2 Å². The van der Waals surface area contributed by atoms with E-state index in [1.165, 1.54) is 0 Å². The molecule has 2 aromatic rings. The fraction of sp³-hybridized carbons (Fsp3) is 0.519. The molecule has 0 aliphatic carbocycles. The molecule has 0 spiro atoms. The van der Waals surface area contributed by atoms with Crippen LogP contribution in [0, 0.1) is 6.92 Å². The lowest BCUT2D eigenvalue weighted by atomic mass is 9.78. The van der Waals surface area contributed by atoms with Crippen LogP contribution in [0.15, 0.2) is 22.7 Å². The Balaban J connectivity index is 2.48. The number of benzene rings is 2. The number of amides is 1. The summed E-state index contributed by atoms with van der Waals surface area (Å²) < 4.78 is 0.792. The Labute approximate surface area is 201 Å². The summed E-state index contributed by atoms with van der Waals surface area (Å²) >= 11 is 3.54. The molecule has 2 aromatic carbocycles. The minimum absolute atomic E-state index is 0.0205. The van der Waals surface area contributed by atoms with Crippen LogP contribution in [0.3, 0.4) is 0 Å². The molecule has 0 atom stereocenters. The fourth-order valence-electron chi connectivity index (χ4n) is 3.80. The van der Waals surface area contributed by atoms with Gasteiger partial charge >= 0.3 is 0 Å². The SMILES string of the molecule is Cc1c(Br)cc(C(C)(C)C)c(O)c1C(=O)NCc1cc(C(C)(C)C)c(O)c(C(C)(C)C)c1. The van der Waals surface area contributed by atoms with E-state index in [9.17, 15) is 15.0 Å². The van der Waals surface area contributed by atoms with E-state index in [-0.39, 0.29) is 33.5 Å². The van der Waals surface area contributed by atoms with E-state index < -0.39 is 0 Å². The molecular weight excluding hydrogens is 466 g/mol. The standard InChI is InChI=1S/C27H38BrNO3/c1-15-20(28)13-19(27(8,9)10)23(31)21(15)24(32)29-14-16-11-17(25(2,3)4)22(30)18(12-16)26(5,6)7/h11-13,30-31H,14H2,1-10H3,(H,29,32). The lowest BCUT2D eigenvalue weighted by Crippen LogP contribution is -2.26. The van der Waals surface area contributed by atoms with Gasteiger partial charge in [0.2, 0.25) is 0 Å². The Morgan fingerprint density at radius 2 is 1.22 bits per heavy atom. The van der Waals surface area contributed by atoms with Gasteiger partial charge in [-0.2, -0.15) is 0 Å². The first-order valence-corrected chi connectivity index (χ1v) is 11.8. The highest BCUT2D eigenvalue weighted by Crippen LogP contribution is 2.40. The van der Waals surface area contributed by atoms with E-state index in [1.807, 2.05) is 45.9 Å². The van der Waals surface area contributed by atoms with Gasteiger partial charge in [0.1, 0.15) is 11.5 Å². The van der Waals surface area contributed by atoms with Crippen LogP contribution in [-0.2, 0) is 22.8 Å². The first kappa shape index (κ1) is 26.2. The van der Waals surface area contributed by atoms with E-state index in [2.05, 4.69) is 62.8 Å². The molecule has 0 saturated heterocycles. The number of hydrogen-bond acceptors (Lipinski definition) is 3. The summed E-state index contributed by atoms with van der Waals surface area (Å²) in [6, 6.07) is 5.80. The molecule has 2 rings (SSSR count). The van der Waals surface area contributed by atoms with Crippen LogP contribution in [0.5, 0.6) is 11.5 Å². The molecule has 0 aliphatic heterocycles. The van der Waals surface area contributed by atoms with Crippen molar-refractivity contribution in [2.45, 2.75) is 92.0 Å². The summed E-state index contributed by atoms with van der Waals surface area (Å²) in [6.07, 6.45) is 0. The predicted octanol–water partition coefficient (Wildman–Crippen LogP) is 6.99. The lowest BCUT2D eigenvalue weighted by Gasteiger charge is -2.28. The van der Waals surface area contributed by atoms with Crippen molar-refractivity contribution in [3.8, 4) is 11.5 Å². The van der Waals surface area contributed by atoms with Gasteiger partial charge in [-0.15, -0.1) is 0 Å². The summed E-state index contributed by atoms with van der Waals surface area (Å²) in [6.45, 7) is 20.5. The highest BCUT2D eigenvalue weighted by atomic mass is 79.9. The highest BCUT2D eigenvalue weighted by Gasteiger charge is 2.28. The van der Waals surface area contributed by atoms with Crippen LogP contribution in [0.4, 0.5) is 0 Å². The van der Waals surface area contributed by atoms with Crippen LogP contribution < -0.4 is 5.32 Å². The maximum absolute atomic E-state index is 13.2. The first-order chi connectivity index (χ1) is 14.4. The van der Waals surface area contributed by atoms with Gasteiger partial charge in [-0.3, -0.25) is 4.79 Å². The summed E-state index contributed by atoms with van der Waals surface area (Å²) in [5, 5.41) is 24.8. The molecule has 0 saturated carbocycles. The molecule has 176 valence electrons. The van der Waals surface area contributed by atoms with Crippen LogP contribution in [0.2, 0.25) is 0 Å². The molecule has 5 heteroatoms. The number of nitrogens with one attached hydrogen (secondary N) is 1. The Morgan fingerprint density at radius 1 is 0.812 bits per heavy atom. The van der Waals surface area contributed by atoms with Crippen molar-refractivity contribution in [2.75, 3.05) is 0 Å². The van der Waals surface area contributed by atoms with Gasteiger partial charge < -0.3 is 15.5 Å². The normalized spacial score (nSPS) is 12.7. The van der Waals surface area contributed by atoms with Crippen molar-refractivity contribution in [2.24, 2.45) is 0 Å². The minimum atomic E-state index is -0.325. The summed E-state index contributed by atoms with van der Waals surface area (Å²) in [4.78, 5) is 13.2. The topological polar surface area (TPSA) is 69.6 Å². The average molecular weight is 505 g/mol. The molecule has 4 nitrogen and oxygen atoms in total. The predicted molar refractivity (Wildman–Crippen MR) is 136 cm³/mol. The number of carbonyl (C=O) groups is 1. The number of carbonyl (C=O) groups excluding carboxylic acids is 1. The lowest BCUT2D eigenvalue weighted by molar-refractivity contribution is 0.0947. The molecule has 0 heterocycles. The average Bonchev–Trinajstić information content (AvgIpc) is 2.61. The van der Waals surface area contributed by atoms with Crippen LogP contribution in [0.1, 0.15) is 100 Å². The molecule has 0 bridgehead atoms. The zero-order chi connectivity index (χ0) is 24.8. The van der Waals surface area contributed by atoms with Crippen molar-refractivity contribution in [1.29, 1.82) is 0 Å². The number of hydrogen-bond donors (Lipinski definition) is 3. The monoisotopic (exact) mass is 503 g/mol. The summed E-state index contributed by atoms with van der Waals surface area (Å²) in [5.41, 5.74) is 3.52. The molecule has 3 N–H and O–H groups in total. The molecule has 0 radical (unpaired) electrons. The van der Waals surface area contributed by atoms with Crippen molar-refractivity contribution in [1.82, 2.24) is 5.32 Å². The molecule has 0 unspecified atom stereocenters. The highest BCUT2D eigenvalue weighted by molar-refractivity contribution is 9.10. The second-order valence-electron chi connectivity index (χ2n) is 11.7. The Kier molecular flexibility index (Phi) is 7.16. The number of aromatic hydroxyl groups is 2. The van der Waals surface area contributed by atoms with E-state index in [0.29, 0.717) is 17.9 Å². The van der Waals surface area contributed by atoms with Crippen LogP contribution in [-0.4, -0.2) is 16.1 Å². The van der Waals surface area contributed by atoms with Gasteiger partial charge in [-0.25, -0.2) is 0 Å². The van der Waals surface area contributed by atoms with Gasteiger partial charge in [0.25, 0.3) is 5.91 Å². The third-order valence-electron chi connectivity index (χ3n) is 5.77. The Hall–Kier alpha value is -2.01. The van der Waals surface area contributed by atoms with Crippen molar-refractivity contribution < 1.29 is 15.0 Å². The second-order valence-corrected chi connectivity index (χ2v) is 12.6. The zero-order valence-electron chi connectivity index (χ0n) is 21.1. The largest absolute Gasteiger partial charge is 0.507 e. The molecule has 0 aromatic heterocycles. The third kappa shape index (κ3) is 5.48. The van der Waals surface area contributed by atoms with E-state index >= 15 is 0 Å². The van der Waals surface area contributed by atoms with Gasteiger partial charge in [0.15, 0.2) is 0 Å². The molecule has 0 aliphatic rings. The van der Waals surface area contributed by atoms with E-state index in [0.717, 1.165) is 26.7 Å². The van der Waals surface area contributed by atoms with Crippen LogP contribution in [0.25, 0.3) is 0 Å². The molecule has 1 amide bonds. The molecular formula is C27H38BrNO3. The molecule has 0 fully saturated rings. The maximum Gasteiger partial charge on any atom is 0.255 e. The maximum atomic E-state index is 13.2. The number of phenolic OH excluding ortho intramolecular Hbond substituents is 2. The fourth-order valence-corrected chi connectivity index (χ4v) is 4.22. The quantitative estimate of drug-likeness (QED) is 0.422. The summed E-state index contributed by atoms with van der Waals surface area (Å²) in [5.74, 6) is 0.0111. The molecule has 32 heavy (non-hydrogen) atoms. The number of halogens is 1. The Morgan fingerprint density at radius 3 is 1.62 bits per heavy atom. The van der Waals surface area contributed by atoms with Gasteiger partial charge in [-0.05, 0) is 63.6 Å². The number of rotatable bonds is 3. The smallest absolute Gasteiger partial charge is 0.255 e. The van der Waals surface area contributed by atoms with Crippen molar-refractivity contribution >= 4 is 21.8 Å². The van der Waals surface area contributed by atoms with E-state index in [4.69, 9.17) is 0 Å². The first-order valence-electron chi connectivity index (χ1n) is 11.0. The second kappa shape index (κ2) is 8.74. The van der Waals surface area contributed by atoms with Crippen molar-refractivity contribution in [3.05, 3.63) is 56.1 Å².